The first-order valence-corrected chi connectivity index (χ1v) is 7.59. The van der Waals surface area contributed by atoms with Gasteiger partial charge in [0.25, 0.3) is 0 Å². The molecule has 1 fully saturated rings. The second-order valence-electron chi connectivity index (χ2n) is 5.39. The van der Waals surface area contributed by atoms with Crippen LogP contribution in [0, 0.1) is 11.8 Å². The zero-order chi connectivity index (χ0) is 15.9. The van der Waals surface area contributed by atoms with E-state index in [1.54, 1.807) is 19.1 Å². The van der Waals surface area contributed by atoms with Gasteiger partial charge in [0.15, 0.2) is 5.69 Å². The molecule has 2 N–H and O–H groups in total. The van der Waals surface area contributed by atoms with Gasteiger partial charge in [-0.15, -0.1) is 10.2 Å². The van der Waals surface area contributed by atoms with Crippen LogP contribution < -0.4 is 5.32 Å². The first kappa shape index (κ1) is 16.2. The van der Waals surface area contributed by atoms with Crippen LogP contribution in [0.25, 0.3) is 0 Å². The molecule has 1 aliphatic rings. The van der Waals surface area contributed by atoms with E-state index >= 15 is 0 Å². The second kappa shape index (κ2) is 7.72. The summed E-state index contributed by atoms with van der Waals surface area (Å²) in [6.45, 7) is 2.56. The number of hydrogen-bond acceptors (Lipinski definition) is 6. The zero-order valence-corrected chi connectivity index (χ0v) is 12.6. The van der Waals surface area contributed by atoms with Gasteiger partial charge in [-0.2, -0.15) is 0 Å². The van der Waals surface area contributed by atoms with Crippen molar-refractivity contribution >= 4 is 17.8 Å². The monoisotopic (exact) mass is 307 g/mol. The highest BCUT2D eigenvalue weighted by atomic mass is 16.5. The van der Waals surface area contributed by atoms with Crippen LogP contribution in [-0.4, -0.2) is 40.4 Å². The van der Waals surface area contributed by atoms with Gasteiger partial charge in [0, 0.05) is 6.54 Å². The van der Waals surface area contributed by atoms with E-state index in [1.807, 2.05) is 0 Å². The van der Waals surface area contributed by atoms with Crippen molar-refractivity contribution in [2.75, 3.05) is 18.5 Å². The summed E-state index contributed by atoms with van der Waals surface area (Å²) < 4.78 is 4.84. The number of carbonyl (C=O) groups is 2. The van der Waals surface area contributed by atoms with E-state index in [0.29, 0.717) is 19.0 Å². The number of anilines is 1. The maximum atomic E-state index is 11.5. The third-order valence-corrected chi connectivity index (χ3v) is 3.92. The number of rotatable bonds is 6. The molecule has 1 aliphatic carbocycles. The summed E-state index contributed by atoms with van der Waals surface area (Å²) in [7, 11) is 0. The minimum absolute atomic E-state index is 0.0952. The normalized spacial score (nSPS) is 21.1. The Morgan fingerprint density at radius 3 is 2.73 bits per heavy atom. The molecule has 0 bridgehead atoms. The molecule has 1 aromatic heterocycles. The van der Waals surface area contributed by atoms with Gasteiger partial charge in [-0.05, 0) is 37.8 Å². The molecule has 0 radical (unpaired) electrons. The Bertz CT molecular complexity index is 518. The molecule has 2 atom stereocenters. The standard InChI is InChI=1S/C15H21N3O4/c1-2-22-15(21)12-7-8-13(18-17-12)16-9-10-5-3-4-6-11(10)14(19)20/h7-8,10-11H,2-6,9H2,1H3,(H,16,18)(H,19,20)/t10-,11-/m0/s1. The Hall–Kier alpha value is -2.18. The van der Waals surface area contributed by atoms with Crippen LogP contribution in [-0.2, 0) is 9.53 Å². The molecule has 0 aliphatic heterocycles. The fraction of sp³-hybridized carbons (Fsp3) is 0.600. The van der Waals surface area contributed by atoms with Crippen molar-refractivity contribution in [3.63, 3.8) is 0 Å². The molecule has 1 heterocycles. The van der Waals surface area contributed by atoms with E-state index in [4.69, 9.17) is 4.74 Å². The zero-order valence-electron chi connectivity index (χ0n) is 12.6. The summed E-state index contributed by atoms with van der Waals surface area (Å²) in [5.74, 6) is -0.899. The van der Waals surface area contributed by atoms with E-state index in [9.17, 15) is 14.7 Å². The van der Waals surface area contributed by atoms with Crippen LogP contribution in [0.1, 0.15) is 43.1 Å². The van der Waals surface area contributed by atoms with Crippen LogP contribution in [0.3, 0.4) is 0 Å². The fourth-order valence-electron chi connectivity index (χ4n) is 2.75. The van der Waals surface area contributed by atoms with Gasteiger partial charge in [-0.25, -0.2) is 4.79 Å². The summed E-state index contributed by atoms with van der Waals surface area (Å²) >= 11 is 0. The average molecular weight is 307 g/mol. The highest BCUT2D eigenvalue weighted by Crippen LogP contribution is 2.30. The second-order valence-corrected chi connectivity index (χ2v) is 5.39. The van der Waals surface area contributed by atoms with Gasteiger partial charge >= 0.3 is 11.9 Å². The van der Waals surface area contributed by atoms with Gasteiger partial charge in [0.2, 0.25) is 0 Å². The first-order chi connectivity index (χ1) is 10.6. The minimum Gasteiger partial charge on any atom is -0.481 e. The third-order valence-electron chi connectivity index (χ3n) is 3.92. The Morgan fingerprint density at radius 2 is 2.09 bits per heavy atom. The highest BCUT2D eigenvalue weighted by molar-refractivity contribution is 5.87. The van der Waals surface area contributed by atoms with Crippen molar-refractivity contribution in [1.82, 2.24) is 10.2 Å². The Balaban J connectivity index is 1.90. The summed E-state index contributed by atoms with van der Waals surface area (Å²) in [5.41, 5.74) is 0.161. The minimum atomic E-state index is -0.727. The van der Waals surface area contributed by atoms with Crippen molar-refractivity contribution in [2.24, 2.45) is 11.8 Å². The number of aromatic nitrogens is 2. The molecule has 2 rings (SSSR count). The molecule has 7 heteroatoms. The summed E-state index contributed by atoms with van der Waals surface area (Å²) in [6, 6.07) is 3.20. The lowest BCUT2D eigenvalue weighted by molar-refractivity contribution is -0.144. The van der Waals surface area contributed by atoms with Crippen LogP contribution in [0.4, 0.5) is 5.82 Å². The lowest BCUT2D eigenvalue weighted by Crippen LogP contribution is -2.32. The van der Waals surface area contributed by atoms with Crippen LogP contribution in [0.2, 0.25) is 0 Å². The Morgan fingerprint density at radius 1 is 1.32 bits per heavy atom. The number of carbonyl (C=O) groups excluding carboxylic acids is 1. The van der Waals surface area contributed by atoms with Crippen molar-refractivity contribution in [2.45, 2.75) is 32.6 Å². The number of carboxylic acids is 1. The smallest absolute Gasteiger partial charge is 0.358 e. The molecule has 0 aromatic carbocycles. The van der Waals surface area contributed by atoms with E-state index in [1.165, 1.54) is 0 Å². The van der Waals surface area contributed by atoms with Crippen molar-refractivity contribution in [1.29, 1.82) is 0 Å². The van der Waals surface area contributed by atoms with Crippen LogP contribution in [0.15, 0.2) is 12.1 Å². The summed E-state index contributed by atoms with van der Waals surface area (Å²) in [5, 5.41) is 20.1. The van der Waals surface area contributed by atoms with Crippen LogP contribution >= 0.6 is 0 Å². The molecule has 1 saturated carbocycles. The summed E-state index contributed by atoms with van der Waals surface area (Å²) in [4.78, 5) is 22.7. The third kappa shape index (κ3) is 4.16. The van der Waals surface area contributed by atoms with Crippen LogP contribution in [0.5, 0.6) is 0 Å². The Labute approximate surface area is 129 Å². The first-order valence-electron chi connectivity index (χ1n) is 7.59. The molecule has 120 valence electrons. The maximum Gasteiger partial charge on any atom is 0.358 e. The van der Waals surface area contributed by atoms with Gasteiger partial charge in [-0.1, -0.05) is 12.8 Å². The molecular weight excluding hydrogens is 286 g/mol. The predicted octanol–water partition coefficient (Wildman–Crippen LogP) is 1.96. The number of hydrogen-bond donors (Lipinski definition) is 2. The molecule has 0 saturated heterocycles. The number of ether oxygens (including phenoxy) is 1. The van der Waals surface area contributed by atoms with Gasteiger partial charge in [-0.3, -0.25) is 4.79 Å². The molecule has 7 nitrogen and oxygen atoms in total. The summed E-state index contributed by atoms with van der Waals surface area (Å²) in [6.07, 6.45) is 3.67. The van der Waals surface area contributed by atoms with Gasteiger partial charge in [0.05, 0.1) is 12.5 Å². The maximum absolute atomic E-state index is 11.5. The molecule has 1 aromatic rings. The molecule has 0 unspecified atom stereocenters. The number of carboxylic acid groups (broad SMARTS) is 1. The van der Waals surface area contributed by atoms with E-state index in [-0.39, 0.29) is 17.5 Å². The lowest BCUT2D eigenvalue weighted by atomic mass is 9.79. The number of aliphatic carboxylic acids is 1. The molecule has 0 amide bonds. The van der Waals surface area contributed by atoms with Crippen molar-refractivity contribution in [3.05, 3.63) is 17.8 Å². The predicted molar refractivity (Wildman–Crippen MR) is 79.6 cm³/mol. The van der Waals surface area contributed by atoms with E-state index in [2.05, 4.69) is 15.5 Å². The Kier molecular flexibility index (Phi) is 5.68. The number of nitrogens with one attached hydrogen (secondary N) is 1. The van der Waals surface area contributed by atoms with Gasteiger partial charge < -0.3 is 15.2 Å². The molecule has 0 spiro atoms. The SMILES string of the molecule is CCOC(=O)c1ccc(NC[C@@H]2CCCC[C@@H]2C(=O)O)nn1. The van der Waals surface area contributed by atoms with E-state index < -0.39 is 11.9 Å². The quantitative estimate of drug-likeness (QED) is 0.774. The fourth-order valence-corrected chi connectivity index (χ4v) is 2.75. The van der Waals surface area contributed by atoms with E-state index in [0.717, 1.165) is 25.7 Å². The average Bonchev–Trinajstić information content (AvgIpc) is 2.54. The van der Waals surface area contributed by atoms with Gasteiger partial charge in [0.1, 0.15) is 5.82 Å². The number of nitrogens with zero attached hydrogens (tertiary/aromatic N) is 2. The molecular formula is C15H21N3O4. The van der Waals surface area contributed by atoms with Crippen molar-refractivity contribution in [3.8, 4) is 0 Å². The highest BCUT2D eigenvalue weighted by Gasteiger charge is 2.30. The largest absolute Gasteiger partial charge is 0.481 e. The number of esters is 1. The lowest BCUT2D eigenvalue weighted by Gasteiger charge is -2.28. The van der Waals surface area contributed by atoms with Crippen molar-refractivity contribution < 1.29 is 19.4 Å². The molecule has 22 heavy (non-hydrogen) atoms. The topological polar surface area (TPSA) is 101 Å².